The summed E-state index contributed by atoms with van der Waals surface area (Å²) in [5, 5.41) is 9.01. The summed E-state index contributed by atoms with van der Waals surface area (Å²) < 4.78 is 10.4. The predicted octanol–water partition coefficient (Wildman–Crippen LogP) is 1.78. The molecule has 2 atom stereocenters. The lowest BCUT2D eigenvalue weighted by molar-refractivity contribution is 0.0129. The van der Waals surface area contributed by atoms with Crippen LogP contribution < -0.4 is 0 Å². The molecular formula is C12H20N2O3. The summed E-state index contributed by atoms with van der Waals surface area (Å²) >= 11 is 0. The van der Waals surface area contributed by atoms with E-state index >= 15 is 0 Å². The molecule has 0 spiro atoms. The van der Waals surface area contributed by atoms with E-state index in [0.717, 1.165) is 0 Å². The first-order valence-corrected chi connectivity index (χ1v) is 5.77. The fraction of sp³-hybridized carbons (Fsp3) is 0.833. The number of methoxy groups -OCH3 is 1. The van der Waals surface area contributed by atoms with E-state index in [9.17, 15) is 4.79 Å². The van der Waals surface area contributed by atoms with Gasteiger partial charge in [0, 0.05) is 13.7 Å². The van der Waals surface area contributed by atoms with Gasteiger partial charge < -0.3 is 14.4 Å². The molecule has 0 N–H and O–H groups in total. The smallest absolute Gasteiger partial charge is 0.410 e. The molecule has 96 valence electrons. The van der Waals surface area contributed by atoms with Gasteiger partial charge in [-0.2, -0.15) is 5.26 Å². The molecule has 0 aromatic heterocycles. The summed E-state index contributed by atoms with van der Waals surface area (Å²) in [6.07, 6.45) is 0.321. The molecule has 1 amide bonds. The molecule has 0 radical (unpaired) electrons. The summed E-state index contributed by atoms with van der Waals surface area (Å²) in [5.74, 6) is -0.164. The van der Waals surface area contributed by atoms with Crippen LogP contribution in [0.4, 0.5) is 4.79 Å². The normalized spacial score (nSPS) is 24.5. The van der Waals surface area contributed by atoms with E-state index in [1.807, 2.05) is 20.8 Å². The Morgan fingerprint density at radius 2 is 2.18 bits per heavy atom. The third-order valence-electron chi connectivity index (χ3n) is 2.68. The Labute approximate surface area is 102 Å². The van der Waals surface area contributed by atoms with E-state index < -0.39 is 5.60 Å². The monoisotopic (exact) mass is 240 g/mol. The number of amides is 1. The topological polar surface area (TPSA) is 62.6 Å². The van der Waals surface area contributed by atoms with Crippen molar-refractivity contribution in [3.05, 3.63) is 0 Å². The molecule has 1 aliphatic heterocycles. The lowest BCUT2D eigenvalue weighted by Gasteiger charge is -2.28. The number of carbonyl (C=O) groups excluding carboxylic acids is 1. The lowest BCUT2D eigenvalue weighted by Crippen LogP contribution is -2.43. The van der Waals surface area contributed by atoms with Gasteiger partial charge in [-0.1, -0.05) is 0 Å². The first-order chi connectivity index (χ1) is 7.89. The van der Waals surface area contributed by atoms with Crippen LogP contribution >= 0.6 is 0 Å². The molecule has 0 saturated carbocycles. The van der Waals surface area contributed by atoms with Crippen molar-refractivity contribution in [2.45, 2.75) is 38.8 Å². The maximum atomic E-state index is 11.9. The van der Waals surface area contributed by atoms with Gasteiger partial charge in [0.25, 0.3) is 0 Å². The number of likely N-dealkylation sites (tertiary alicyclic amines) is 1. The van der Waals surface area contributed by atoms with Crippen LogP contribution in [0.25, 0.3) is 0 Å². The number of ether oxygens (including phenoxy) is 2. The van der Waals surface area contributed by atoms with Crippen LogP contribution in [0.15, 0.2) is 0 Å². The third kappa shape index (κ3) is 3.60. The first-order valence-electron chi connectivity index (χ1n) is 5.77. The van der Waals surface area contributed by atoms with Crippen LogP contribution in [0.2, 0.25) is 0 Å². The van der Waals surface area contributed by atoms with Crippen molar-refractivity contribution in [3.63, 3.8) is 0 Å². The van der Waals surface area contributed by atoms with Gasteiger partial charge in [0.05, 0.1) is 24.6 Å². The number of nitrogens with zero attached hydrogens (tertiary/aromatic N) is 2. The van der Waals surface area contributed by atoms with Crippen molar-refractivity contribution in [3.8, 4) is 6.07 Å². The minimum atomic E-state index is -0.514. The van der Waals surface area contributed by atoms with Crippen molar-refractivity contribution < 1.29 is 14.3 Å². The second-order valence-electron chi connectivity index (χ2n) is 5.22. The molecule has 5 heteroatoms. The highest BCUT2D eigenvalue weighted by molar-refractivity contribution is 5.69. The fourth-order valence-corrected chi connectivity index (χ4v) is 1.93. The van der Waals surface area contributed by atoms with E-state index in [4.69, 9.17) is 14.7 Å². The van der Waals surface area contributed by atoms with Crippen LogP contribution in [-0.4, -0.2) is 42.9 Å². The van der Waals surface area contributed by atoms with Crippen molar-refractivity contribution >= 4 is 6.09 Å². The number of nitriles is 1. The molecule has 0 aromatic carbocycles. The Hall–Kier alpha value is -1.28. The average Bonchev–Trinajstić information content (AvgIpc) is 2.59. The Morgan fingerprint density at radius 1 is 1.53 bits per heavy atom. The zero-order chi connectivity index (χ0) is 13.1. The molecule has 17 heavy (non-hydrogen) atoms. The van der Waals surface area contributed by atoms with Gasteiger partial charge in [-0.15, -0.1) is 0 Å². The summed E-state index contributed by atoms with van der Waals surface area (Å²) in [6, 6.07) is 2.02. The maximum Gasteiger partial charge on any atom is 0.410 e. The highest BCUT2D eigenvalue weighted by Crippen LogP contribution is 2.26. The molecule has 0 unspecified atom stereocenters. The van der Waals surface area contributed by atoms with Crippen LogP contribution in [0, 0.1) is 17.2 Å². The SMILES string of the molecule is COC[C@@H]1[C@H](C#N)CCN1C(=O)OC(C)(C)C. The number of hydrogen-bond donors (Lipinski definition) is 0. The van der Waals surface area contributed by atoms with Crippen molar-refractivity contribution in [1.82, 2.24) is 4.90 Å². The van der Waals surface area contributed by atoms with E-state index in [1.165, 1.54) is 0 Å². The molecule has 0 aromatic rings. The highest BCUT2D eigenvalue weighted by atomic mass is 16.6. The zero-order valence-electron chi connectivity index (χ0n) is 10.9. The average molecular weight is 240 g/mol. The second-order valence-corrected chi connectivity index (χ2v) is 5.22. The molecule has 1 fully saturated rings. The molecule has 1 heterocycles. The molecular weight excluding hydrogens is 220 g/mol. The van der Waals surface area contributed by atoms with E-state index in [2.05, 4.69) is 6.07 Å². The van der Waals surface area contributed by atoms with Crippen LogP contribution in [0.3, 0.4) is 0 Å². The van der Waals surface area contributed by atoms with Gasteiger partial charge in [0.1, 0.15) is 5.60 Å². The second kappa shape index (κ2) is 5.37. The molecule has 1 rings (SSSR count). The molecule has 1 saturated heterocycles. The Kier molecular flexibility index (Phi) is 4.35. The van der Waals surface area contributed by atoms with Crippen LogP contribution in [0.1, 0.15) is 27.2 Å². The van der Waals surface area contributed by atoms with Crippen LogP contribution in [0.5, 0.6) is 0 Å². The number of carbonyl (C=O) groups is 1. The predicted molar refractivity (Wildman–Crippen MR) is 62.3 cm³/mol. The molecule has 5 nitrogen and oxygen atoms in total. The summed E-state index contributed by atoms with van der Waals surface area (Å²) in [4.78, 5) is 13.5. The van der Waals surface area contributed by atoms with Gasteiger partial charge in [-0.3, -0.25) is 0 Å². The quantitative estimate of drug-likeness (QED) is 0.738. The van der Waals surface area contributed by atoms with Gasteiger partial charge in [-0.05, 0) is 27.2 Å². The summed E-state index contributed by atoms with van der Waals surface area (Å²) in [6.45, 7) is 6.41. The Balaban J connectivity index is 2.70. The molecule has 0 bridgehead atoms. The van der Waals surface area contributed by atoms with E-state index in [1.54, 1.807) is 12.0 Å². The molecule has 1 aliphatic rings. The zero-order valence-corrected chi connectivity index (χ0v) is 10.9. The van der Waals surface area contributed by atoms with Crippen molar-refractivity contribution in [2.75, 3.05) is 20.3 Å². The largest absolute Gasteiger partial charge is 0.444 e. The third-order valence-corrected chi connectivity index (χ3v) is 2.68. The summed E-state index contributed by atoms with van der Waals surface area (Å²) in [7, 11) is 1.57. The lowest BCUT2D eigenvalue weighted by atomic mass is 10.0. The molecule has 0 aliphatic carbocycles. The van der Waals surface area contributed by atoms with Gasteiger partial charge in [0.2, 0.25) is 0 Å². The van der Waals surface area contributed by atoms with Gasteiger partial charge in [0.15, 0.2) is 0 Å². The van der Waals surface area contributed by atoms with Crippen molar-refractivity contribution in [1.29, 1.82) is 5.26 Å². The summed E-state index contributed by atoms with van der Waals surface area (Å²) in [5.41, 5.74) is -0.514. The van der Waals surface area contributed by atoms with E-state index in [-0.39, 0.29) is 18.1 Å². The maximum absolute atomic E-state index is 11.9. The standard InChI is InChI=1S/C12H20N2O3/c1-12(2,3)17-11(15)14-6-5-9(7-13)10(14)8-16-4/h9-10H,5-6,8H2,1-4H3/t9-,10+/m0/s1. The van der Waals surface area contributed by atoms with Crippen LogP contribution in [-0.2, 0) is 9.47 Å². The number of hydrogen-bond acceptors (Lipinski definition) is 4. The highest BCUT2D eigenvalue weighted by Gasteiger charge is 2.39. The number of rotatable bonds is 2. The van der Waals surface area contributed by atoms with Gasteiger partial charge in [-0.25, -0.2) is 4.79 Å². The minimum Gasteiger partial charge on any atom is -0.444 e. The first kappa shape index (κ1) is 13.8. The Morgan fingerprint density at radius 3 is 2.65 bits per heavy atom. The van der Waals surface area contributed by atoms with Gasteiger partial charge >= 0.3 is 6.09 Å². The van der Waals surface area contributed by atoms with E-state index in [0.29, 0.717) is 19.6 Å². The minimum absolute atomic E-state index is 0.164. The Bertz CT molecular complexity index is 317. The van der Waals surface area contributed by atoms with Crippen molar-refractivity contribution in [2.24, 2.45) is 5.92 Å². The fourth-order valence-electron chi connectivity index (χ4n) is 1.93.